The van der Waals surface area contributed by atoms with Gasteiger partial charge in [-0.1, -0.05) is 39.0 Å². The number of nitrogens with one attached hydrogen (secondary N) is 2. The van der Waals surface area contributed by atoms with Crippen LogP contribution in [0.3, 0.4) is 0 Å². The zero-order valence-electron chi connectivity index (χ0n) is 17.7. The van der Waals surface area contributed by atoms with Crippen molar-refractivity contribution in [1.29, 1.82) is 0 Å². The molecular formula is C22H31N3O4. The number of nitrogens with zero attached hydrogens (tertiary/aromatic N) is 1. The number of rotatable bonds is 6. The molecule has 1 aromatic rings. The van der Waals surface area contributed by atoms with Crippen LogP contribution in [0, 0.1) is 11.3 Å². The van der Waals surface area contributed by atoms with Crippen LogP contribution in [0.15, 0.2) is 24.3 Å². The van der Waals surface area contributed by atoms with Gasteiger partial charge in [0.05, 0.1) is 7.11 Å². The van der Waals surface area contributed by atoms with Crippen LogP contribution in [0.5, 0.6) is 5.75 Å². The number of methoxy groups -OCH3 is 1. The van der Waals surface area contributed by atoms with E-state index in [9.17, 15) is 14.4 Å². The molecule has 2 N–H and O–H groups in total. The normalized spacial score (nSPS) is 25.8. The van der Waals surface area contributed by atoms with E-state index in [2.05, 4.69) is 31.4 Å². The number of carbonyl (C=O) groups excluding carboxylic acids is 3. The Morgan fingerprint density at radius 3 is 2.69 bits per heavy atom. The first-order chi connectivity index (χ1) is 13.7. The lowest BCUT2D eigenvalue weighted by Crippen LogP contribution is -2.54. The molecule has 1 saturated heterocycles. The maximum absolute atomic E-state index is 13.1. The second-order valence-electron chi connectivity index (χ2n) is 9.17. The molecule has 1 heterocycles. The molecule has 1 spiro atoms. The number of benzene rings is 1. The van der Waals surface area contributed by atoms with Crippen LogP contribution in [0.2, 0.25) is 0 Å². The van der Waals surface area contributed by atoms with Crippen LogP contribution in [0.25, 0.3) is 0 Å². The van der Waals surface area contributed by atoms with E-state index in [0.717, 1.165) is 22.6 Å². The van der Waals surface area contributed by atoms with Gasteiger partial charge in [-0.25, -0.2) is 4.79 Å². The van der Waals surface area contributed by atoms with Gasteiger partial charge in [-0.15, -0.1) is 0 Å². The van der Waals surface area contributed by atoms with E-state index in [-0.39, 0.29) is 23.8 Å². The third-order valence-electron chi connectivity index (χ3n) is 5.83. The lowest BCUT2D eigenvalue weighted by Gasteiger charge is -2.43. The molecule has 1 saturated carbocycles. The molecule has 0 radical (unpaired) electrons. The molecule has 1 aliphatic heterocycles. The first kappa shape index (κ1) is 21.1. The SMILES string of the molecule is COc1ccccc1CCNC(=O)CN1C(=O)N[C@@]2(C[C@H](C)CC(C)(C)C2)C1=O. The summed E-state index contributed by atoms with van der Waals surface area (Å²) in [6, 6.07) is 7.15. The van der Waals surface area contributed by atoms with Crippen LogP contribution in [-0.2, 0) is 16.0 Å². The summed E-state index contributed by atoms with van der Waals surface area (Å²) < 4.78 is 5.31. The summed E-state index contributed by atoms with van der Waals surface area (Å²) in [5.41, 5.74) is 0.0754. The Morgan fingerprint density at radius 2 is 2.00 bits per heavy atom. The van der Waals surface area contributed by atoms with Crippen molar-refractivity contribution >= 4 is 17.8 Å². The summed E-state index contributed by atoms with van der Waals surface area (Å²) in [5, 5.41) is 5.70. The molecule has 4 amide bonds. The van der Waals surface area contributed by atoms with Gasteiger partial charge in [-0.05, 0) is 48.6 Å². The van der Waals surface area contributed by atoms with Crippen molar-refractivity contribution < 1.29 is 19.1 Å². The minimum absolute atomic E-state index is 0.0341. The van der Waals surface area contributed by atoms with Crippen molar-refractivity contribution in [3.8, 4) is 5.75 Å². The monoisotopic (exact) mass is 401 g/mol. The topological polar surface area (TPSA) is 87.7 Å². The molecule has 0 aromatic heterocycles. The summed E-state index contributed by atoms with van der Waals surface area (Å²) in [6.07, 6.45) is 2.83. The molecule has 2 aliphatic rings. The third-order valence-corrected chi connectivity index (χ3v) is 5.83. The zero-order chi connectivity index (χ0) is 21.2. The molecule has 2 atom stereocenters. The fourth-order valence-corrected chi connectivity index (χ4v) is 5.10. The Labute approximate surface area is 172 Å². The minimum Gasteiger partial charge on any atom is -0.496 e. The Balaban J connectivity index is 1.58. The second kappa shape index (κ2) is 8.05. The van der Waals surface area contributed by atoms with Crippen LogP contribution in [-0.4, -0.2) is 48.5 Å². The largest absolute Gasteiger partial charge is 0.496 e. The van der Waals surface area contributed by atoms with Crippen molar-refractivity contribution in [3.05, 3.63) is 29.8 Å². The van der Waals surface area contributed by atoms with Crippen LogP contribution >= 0.6 is 0 Å². The van der Waals surface area contributed by atoms with Gasteiger partial charge < -0.3 is 15.4 Å². The number of amides is 4. The molecule has 0 bridgehead atoms. The van der Waals surface area contributed by atoms with E-state index >= 15 is 0 Å². The number of hydrogen-bond acceptors (Lipinski definition) is 4. The summed E-state index contributed by atoms with van der Waals surface area (Å²) in [4.78, 5) is 39.0. The first-order valence-corrected chi connectivity index (χ1v) is 10.2. The van der Waals surface area contributed by atoms with Gasteiger partial charge in [0.1, 0.15) is 17.8 Å². The smallest absolute Gasteiger partial charge is 0.325 e. The van der Waals surface area contributed by atoms with E-state index in [4.69, 9.17) is 4.74 Å². The number of hydrogen-bond donors (Lipinski definition) is 2. The minimum atomic E-state index is -0.879. The first-order valence-electron chi connectivity index (χ1n) is 10.2. The van der Waals surface area contributed by atoms with E-state index in [1.165, 1.54) is 0 Å². The highest BCUT2D eigenvalue weighted by molar-refractivity contribution is 6.09. The van der Waals surface area contributed by atoms with Gasteiger partial charge in [-0.3, -0.25) is 14.5 Å². The maximum Gasteiger partial charge on any atom is 0.325 e. The molecule has 2 fully saturated rings. The lowest BCUT2D eigenvalue weighted by atomic mass is 9.64. The second-order valence-corrected chi connectivity index (χ2v) is 9.17. The predicted molar refractivity (Wildman–Crippen MR) is 109 cm³/mol. The van der Waals surface area contributed by atoms with Crippen LogP contribution in [0.1, 0.15) is 45.6 Å². The standard InChI is InChI=1S/C22H31N3O4/c1-15-11-21(2,3)14-22(12-15)19(27)25(20(28)24-22)13-18(26)23-10-9-16-7-5-6-8-17(16)29-4/h5-8,15H,9-14H2,1-4H3,(H,23,26)(H,24,28)/t15-,22-/m1/s1. The van der Waals surface area contributed by atoms with Gasteiger partial charge in [0, 0.05) is 6.54 Å². The summed E-state index contributed by atoms with van der Waals surface area (Å²) in [6.45, 7) is 6.49. The number of ether oxygens (including phenoxy) is 1. The number of imide groups is 1. The van der Waals surface area contributed by atoms with E-state index < -0.39 is 11.6 Å². The Morgan fingerprint density at radius 1 is 1.28 bits per heavy atom. The average molecular weight is 402 g/mol. The van der Waals surface area contributed by atoms with Crippen molar-refractivity contribution in [2.24, 2.45) is 11.3 Å². The van der Waals surface area contributed by atoms with Gasteiger partial charge in [0.2, 0.25) is 5.91 Å². The molecule has 0 unspecified atom stereocenters. The Bertz CT molecular complexity index is 807. The fraction of sp³-hybridized carbons (Fsp3) is 0.591. The molecule has 158 valence electrons. The van der Waals surface area contributed by atoms with E-state index in [1.54, 1.807) is 7.11 Å². The van der Waals surface area contributed by atoms with Crippen molar-refractivity contribution in [2.75, 3.05) is 20.2 Å². The number of urea groups is 1. The van der Waals surface area contributed by atoms with E-state index in [0.29, 0.717) is 31.7 Å². The summed E-state index contributed by atoms with van der Waals surface area (Å²) in [7, 11) is 1.61. The fourth-order valence-electron chi connectivity index (χ4n) is 5.10. The highest BCUT2D eigenvalue weighted by atomic mass is 16.5. The molecule has 1 aromatic carbocycles. The summed E-state index contributed by atoms with van der Waals surface area (Å²) in [5.74, 6) is 0.482. The molecule has 3 rings (SSSR count). The maximum atomic E-state index is 13.1. The Hall–Kier alpha value is -2.57. The van der Waals surface area contributed by atoms with Gasteiger partial charge in [0.15, 0.2) is 0 Å². The highest BCUT2D eigenvalue weighted by Crippen LogP contribution is 2.46. The molecule has 7 nitrogen and oxygen atoms in total. The highest BCUT2D eigenvalue weighted by Gasteiger charge is 2.56. The van der Waals surface area contributed by atoms with Gasteiger partial charge in [0.25, 0.3) is 5.91 Å². The van der Waals surface area contributed by atoms with Crippen molar-refractivity contribution in [2.45, 2.75) is 52.0 Å². The predicted octanol–water partition coefficient (Wildman–Crippen LogP) is 2.49. The van der Waals surface area contributed by atoms with Crippen LogP contribution in [0.4, 0.5) is 4.79 Å². The van der Waals surface area contributed by atoms with E-state index in [1.807, 2.05) is 24.3 Å². The molecule has 1 aliphatic carbocycles. The van der Waals surface area contributed by atoms with Crippen molar-refractivity contribution in [3.63, 3.8) is 0 Å². The average Bonchev–Trinajstić information content (AvgIpc) is 2.83. The molecular weight excluding hydrogens is 370 g/mol. The van der Waals surface area contributed by atoms with Gasteiger partial charge >= 0.3 is 6.03 Å². The number of para-hydroxylation sites is 1. The lowest BCUT2D eigenvalue weighted by molar-refractivity contribution is -0.137. The third kappa shape index (κ3) is 4.54. The van der Waals surface area contributed by atoms with Crippen LogP contribution < -0.4 is 15.4 Å². The van der Waals surface area contributed by atoms with Crippen molar-refractivity contribution in [1.82, 2.24) is 15.5 Å². The quantitative estimate of drug-likeness (QED) is 0.717. The molecule has 7 heteroatoms. The summed E-state index contributed by atoms with van der Waals surface area (Å²) >= 11 is 0. The number of carbonyl (C=O) groups is 3. The molecule has 29 heavy (non-hydrogen) atoms. The van der Waals surface area contributed by atoms with Gasteiger partial charge in [-0.2, -0.15) is 0 Å². The zero-order valence-corrected chi connectivity index (χ0v) is 17.7. The Kier molecular flexibility index (Phi) is 5.87.